The van der Waals surface area contributed by atoms with Crippen LogP contribution >= 0.6 is 0 Å². The van der Waals surface area contributed by atoms with E-state index in [-0.39, 0.29) is 17.8 Å². The normalized spacial score (nSPS) is 18.3. The lowest BCUT2D eigenvalue weighted by atomic mass is 10.2. The summed E-state index contributed by atoms with van der Waals surface area (Å²) in [5, 5.41) is 2.76. The molecule has 2 rings (SSSR count). The third kappa shape index (κ3) is 5.51. The number of nitrogens with one attached hydrogen (secondary N) is 1. The maximum Gasteiger partial charge on any atom is 0.387 e. The molecule has 1 heterocycles. The molecule has 1 aliphatic heterocycles. The molecule has 0 radical (unpaired) electrons. The molecule has 0 bridgehead atoms. The second kappa shape index (κ2) is 7.73. The highest BCUT2D eigenvalue weighted by Crippen LogP contribution is 2.15. The molecule has 1 N–H and O–H groups in total. The van der Waals surface area contributed by atoms with Crippen LogP contribution in [0.5, 0.6) is 5.75 Å². The summed E-state index contributed by atoms with van der Waals surface area (Å²) in [7, 11) is 0. The first-order chi connectivity index (χ1) is 10.1. The molecule has 1 aromatic rings. The highest BCUT2D eigenvalue weighted by Gasteiger charge is 2.15. The van der Waals surface area contributed by atoms with Crippen LogP contribution in [0, 0.1) is 0 Å². The van der Waals surface area contributed by atoms with E-state index in [0.29, 0.717) is 6.54 Å². The van der Waals surface area contributed by atoms with Crippen LogP contribution in [0.4, 0.5) is 8.78 Å². The topological polar surface area (TPSA) is 47.6 Å². The summed E-state index contributed by atoms with van der Waals surface area (Å²) < 4.78 is 33.6. The molecule has 1 amide bonds. The van der Waals surface area contributed by atoms with Crippen molar-refractivity contribution < 1.29 is 23.0 Å². The fraction of sp³-hybridized carbons (Fsp3) is 0.400. The summed E-state index contributed by atoms with van der Waals surface area (Å²) >= 11 is 0. The summed E-state index contributed by atoms with van der Waals surface area (Å²) in [6.07, 6.45) is 5.11. The molecule has 0 spiro atoms. The van der Waals surface area contributed by atoms with Crippen molar-refractivity contribution in [2.24, 2.45) is 0 Å². The lowest BCUT2D eigenvalue weighted by Crippen LogP contribution is -2.30. The first-order valence-electron chi connectivity index (χ1n) is 6.76. The first-order valence-corrected chi connectivity index (χ1v) is 6.76. The van der Waals surface area contributed by atoms with Gasteiger partial charge in [0.25, 0.3) is 0 Å². The van der Waals surface area contributed by atoms with Crippen LogP contribution in [0.2, 0.25) is 0 Å². The number of alkyl halides is 2. The van der Waals surface area contributed by atoms with Crippen molar-refractivity contribution in [3.05, 3.63) is 35.9 Å². The second-order valence-electron chi connectivity index (χ2n) is 4.66. The smallest absolute Gasteiger partial charge is 0.387 e. The van der Waals surface area contributed by atoms with Gasteiger partial charge in [0.05, 0.1) is 6.10 Å². The molecule has 0 aliphatic carbocycles. The molecule has 1 aliphatic rings. The number of halogens is 2. The second-order valence-corrected chi connectivity index (χ2v) is 4.66. The Morgan fingerprint density at radius 2 is 2.19 bits per heavy atom. The standard InChI is InChI=1S/C15H17F2NO3/c16-15(17)21-12-6-3-11(4-7-12)5-8-14(19)18-10-13-2-1-9-20-13/h3-8,13,15H,1-2,9-10H2,(H,18,19)/b8-5+. The average Bonchev–Trinajstić information content (AvgIpc) is 2.97. The highest BCUT2D eigenvalue weighted by molar-refractivity contribution is 5.91. The van der Waals surface area contributed by atoms with E-state index in [2.05, 4.69) is 10.1 Å². The van der Waals surface area contributed by atoms with Gasteiger partial charge in [0.2, 0.25) is 5.91 Å². The Balaban J connectivity index is 1.78. The van der Waals surface area contributed by atoms with Crippen LogP contribution in [-0.4, -0.2) is 31.8 Å². The van der Waals surface area contributed by atoms with Gasteiger partial charge in [-0.1, -0.05) is 12.1 Å². The molecule has 0 aromatic heterocycles. The zero-order chi connectivity index (χ0) is 15.1. The lowest BCUT2D eigenvalue weighted by Gasteiger charge is -2.08. The van der Waals surface area contributed by atoms with Gasteiger partial charge in [-0.05, 0) is 36.6 Å². The molecule has 4 nitrogen and oxygen atoms in total. The third-order valence-electron chi connectivity index (χ3n) is 3.06. The Bertz CT molecular complexity index is 482. The fourth-order valence-corrected chi connectivity index (χ4v) is 2.01. The molecule has 21 heavy (non-hydrogen) atoms. The average molecular weight is 297 g/mol. The van der Waals surface area contributed by atoms with E-state index in [4.69, 9.17) is 4.74 Å². The van der Waals surface area contributed by atoms with Crippen molar-refractivity contribution in [2.75, 3.05) is 13.2 Å². The molecule has 1 atom stereocenters. The van der Waals surface area contributed by atoms with Gasteiger partial charge in [-0.25, -0.2) is 0 Å². The molecule has 1 aromatic carbocycles. The number of hydrogen-bond donors (Lipinski definition) is 1. The fourth-order valence-electron chi connectivity index (χ4n) is 2.01. The van der Waals surface area contributed by atoms with E-state index in [1.807, 2.05) is 0 Å². The van der Waals surface area contributed by atoms with Crippen molar-refractivity contribution in [1.82, 2.24) is 5.32 Å². The van der Waals surface area contributed by atoms with Crippen LogP contribution in [-0.2, 0) is 9.53 Å². The molecule has 0 saturated carbocycles. The van der Waals surface area contributed by atoms with Gasteiger partial charge in [-0.15, -0.1) is 0 Å². The van der Waals surface area contributed by atoms with Crippen molar-refractivity contribution in [3.8, 4) is 5.75 Å². The van der Waals surface area contributed by atoms with E-state index in [1.165, 1.54) is 18.2 Å². The van der Waals surface area contributed by atoms with Crippen LogP contribution in [0.3, 0.4) is 0 Å². The van der Waals surface area contributed by atoms with E-state index in [0.717, 1.165) is 25.0 Å². The number of carbonyl (C=O) groups is 1. The van der Waals surface area contributed by atoms with Gasteiger partial charge in [0.1, 0.15) is 5.75 Å². The molecule has 6 heteroatoms. The molecule has 114 valence electrons. The van der Waals surface area contributed by atoms with Crippen molar-refractivity contribution >= 4 is 12.0 Å². The summed E-state index contributed by atoms with van der Waals surface area (Å²) in [5.74, 6) is -0.122. The summed E-state index contributed by atoms with van der Waals surface area (Å²) in [4.78, 5) is 11.6. The minimum Gasteiger partial charge on any atom is -0.435 e. The Kier molecular flexibility index (Phi) is 5.68. The van der Waals surface area contributed by atoms with Gasteiger partial charge in [-0.3, -0.25) is 4.79 Å². The molecular formula is C15H17F2NO3. The first kappa shape index (κ1) is 15.4. The molecular weight excluding hydrogens is 280 g/mol. The van der Waals surface area contributed by atoms with Crippen LogP contribution in [0.15, 0.2) is 30.3 Å². The van der Waals surface area contributed by atoms with Crippen LogP contribution in [0.25, 0.3) is 6.08 Å². The largest absolute Gasteiger partial charge is 0.435 e. The molecule has 1 saturated heterocycles. The SMILES string of the molecule is O=C(/C=C/c1ccc(OC(F)F)cc1)NCC1CCCO1. The Labute approximate surface area is 121 Å². The van der Waals surface area contributed by atoms with E-state index >= 15 is 0 Å². The maximum absolute atomic E-state index is 12.0. The number of ether oxygens (including phenoxy) is 2. The Morgan fingerprint density at radius 3 is 2.81 bits per heavy atom. The van der Waals surface area contributed by atoms with Gasteiger partial charge >= 0.3 is 6.61 Å². The van der Waals surface area contributed by atoms with Gasteiger partial charge < -0.3 is 14.8 Å². The van der Waals surface area contributed by atoms with E-state index in [1.54, 1.807) is 18.2 Å². The monoisotopic (exact) mass is 297 g/mol. The predicted octanol–water partition coefficient (Wildman–Crippen LogP) is 2.60. The lowest BCUT2D eigenvalue weighted by molar-refractivity contribution is -0.116. The minimum absolute atomic E-state index is 0.0879. The number of hydrogen-bond acceptors (Lipinski definition) is 3. The van der Waals surface area contributed by atoms with Crippen LogP contribution < -0.4 is 10.1 Å². The third-order valence-corrected chi connectivity index (χ3v) is 3.06. The van der Waals surface area contributed by atoms with Gasteiger partial charge in [0.15, 0.2) is 0 Å². The highest BCUT2D eigenvalue weighted by atomic mass is 19.3. The number of benzene rings is 1. The Morgan fingerprint density at radius 1 is 1.43 bits per heavy atom. The number of carbonyl (C=O) groups excluding carboxylic acids is 1. The van der Waals surface area contributed by atoms with Crippen LogP contribution in [0.1, 0.15) is 18.4 Å². The zero-order valence-electron chi connectivity index (χ0n) is 11.4. The number of rotatable bonds is 6. The van der Waals surface area contributed by atoms with Crippen molar-refractivity contribution in [1.29, 1.82) is 0 Å². The van der Waals surface area contributed by atoms with Crippen molar-refractivity contribution in [2.45, 2.75) is 25.6 Å². The molecule has 1 unspecified atom stereocenters. The quantitative estimate of drug-likeness (QED) is 0.821. The van der Waals surface area contributed by atoms with Crippen molar-refractivity contribution in [3.63, 3.8) is 0 Å². The van der Waals surface area contributed by atoms with E-state index in [9.17, 15) is 13.6 Å². The minimum atomic E-state index is -2.84. The summed E-state index contributed by atoms with van der Waals surface area (Å²) in [5.41, 5.74) is 0.726. The Hall–Kier alpha value is -1.95. The van der Waals surface area contributed by atoms with E-state index < -0.39 is 6.61 Å². The van der Waals surface area contributed by atoms with Gasteiger partial charge in [0, 0.05) is 19.2 Å². The predicted molar refractivity (Wildman–Crippen MR) is 74.1 cm³/mol. The summed E-state index contributed by atoms with van der Waals surface area (Å²) in [6, 6.07) is 6.05. The summed E-state index contributed by atoms with van der Waals surface area (Å²) in [6.45, 7) is -1.58. The maximum atomic E-state index is 12.0. The number of amides is 1. The zero-order valence-corrected chi connectivity index (χ0v) is 11.4. The molecule has 1 fully saturated rings. The van der Waals surface area contributed by atoms with Gasteiger partial charge in [-0.2, -0.15) is 8.78 Å².